The molecule has 0 radical (unpaired) electrons. The number of rotatable bonds is 6. The first kappa shape index (κ1) is 11.8. The summed E-state index contributed by atoms with van der Waals surface area (Å²) in [5.74, 6) is 0. The first-order valence-electron chi connectivity index (χ1n) is 3.78. The predicted molar refractivity (Wildman–Crippen MR) is 50.7 cm³/mol. The van der Waals surface area contributed by atoms with E-state index in [1.165, 1.54) is 0 Å². The minimum absolute atomic E-state index is 0.397. The molecule has 0 spiro atoms. The van der Waals surface area contributed by atoms with Crippen molar-refractivity contribution in [1.29, 1.82) is 0 Å². The quantitative estimate of drug-likeness (QED) is 0.516. The molecule has 0 saturated carbocycles. The summed E-state index contributed by atoms with van der Waals surface area (Å²) in [5.41, 5.74) is 0. The topological polar surface area (TPSA) is 38.7 Å². The standard InChI is InChI=1S/C8H15O3P/c1-3-5-7-10-12(9)11-8-6-4-2/h3-6,9H,7-8H2,1-2H3/b5-3+,6-4+. The van der Waals surface area contributed by atoms with E-state index in [9.17, 15) is 0 Å². The lowest BCUT2D eigenvalue weighted by atomic mass is 10.6. The molecule has 0 bridgehead atoms. The first-order valence-corrected chi connectivity index (χ1v) is 4.91. The summed E-state index contributed by atoms with van der Waals surface area (Å²) in [7, 11) is -1.71. The highest BCUT2D eigenvalue weighted by Gasteiger charge is 2.02. The molecule has 0 aromatic heterocycles. The van der Waals surface area contributed by atoms with Gasteiger partial charge >= 0.3 is 8.60 Å². The Morgan fingerprint density at radius 3 is 1.83 bits per heavy atom. The van der Waals surface area contributed by atoms with Crippen molar-refractivity contribution in [2.24, 2.45) is 0 Å². The van der Waals surface area contributed by atoms with Crippen LogP contribution in [0.1, 0.15) is 13.8 Å². The van der Waals surface area contributed by atoms with Crippen molar-refractivity contribution in [3.63, 3.8) is 0 Å². The van der Waals surface area contributed by atoms with Gasteiger partial charge in [0.05, 0.1) is 13.2 Å². The van der Waals surface area contributed by atoms with Crippen LogP contribution >= 0.6 is 8.60 Å². The third kappa shape index (κ3) is 7.89. The van der Waals surface area contributed by atoms with Crippen LogP contribution in [0.25, 0.3) is 0 Å². The molecule has 1 N–H and O–H groups in total. The fraction of sp³-hybridized carbons (Fsp3) is 0.500. The Balaban J connectivity index is 3.26. The fourth-order valence-electron chi connectivity index (χ4n) is 0.443. The van der Waals surface area contributed by atoms with E-state index in [0.717, 1.165) is 0 Å². The van der Waals surface area contributed by atoms with E-state index in [2.05, 4.69) is 0 Å². The molecule has 0 heterocycles. The maximum atomic E-state index is 9.06. The van der Waals surface area contributed by atoms with E-state index in [1.54, 1.807) is 0 Å². The van der Waals surface area contributed by atoms with E-state index in [4.69, 9.17) is 13.9 Å². The van der Waals surface area contributed by atoms with Gasteiger partial charge in [0, 0.05) is 0 Å². The summed E-state index contributed by atoms with van der Waals surface area (Å²) >= 11 is 0. The average Bonchev–Trinajstić information content (AvgIpc) is 2.06. The van der Waals surface area contributed by atoms with Gasteiger partial charge in [0.1, 0.15) is 0 Å². The van der Waals surface area contributed by atoms with Gasteiger partial charge in [-0.05, 0) is 13.8 Å². The van der Waals surface area contributed by atoms with Crippen molar-refractivity contribution in [1.82, 2.24) is 0 Å². The van der Waals surface area contributed by atoms with Crippen molar-refractivity contribution in [2.45, 2.75) is 13.8 Å². The van der Waals surface area contributed by atoms with Crippen molar-refractivity contribution in [2.75, 3.05) is 13.2 Å². The second-order valence-corrected chi connectivity index (χ2v) is 2.96. The first-order chi connectivity index (χ1) is 5.81. The second kappa shape index (κ2) is 8.88. The van der Waals surface area contributed by atoms with Gasteiger partial charge in [-0.1, -0.05) is 24.3 Å². The highest BCUT2D eigenvalue weighted by atomic mass is 31.2. The molecule has 0 aliphatic rings. The molecule has 0 rings (SSSR count). The van der Waals surface area contributed by atoms with Crippen LogP contribution in [0.15, 0.2) is 24.3 Å². The van der Waals surface area contributed by atoms with Gasteiger partial charge < -0.3 is 13.9 Å². The summed E-state index contributed by atoms with van der Waals surface area (Å²) in [5, 5.41) is 0. The Morgan fingerprint density at radius 2 is 1.50 bits per heavy atom. The van der Waals surface area contributed by atoms with Crippen molar-refractivity contribution < 1.29 is 13.9 Å². The smallest absolute Gasteiger partial charge is 0.328 e. The molecule has 12 heavy (non-hydrogen) atoms. The molecular formula is C8H15O3P. The molecule has 0 fully saturated rings. The summed E-state index contributed by atoms with van der Waals surface area (Å²) < 4.78 is 9.81. The zero-order chi connectivity index (χ0) is 9.23. The Morgan fingerprint density at radius 1 is 1.08 bits per heavy atom. The van der Waals surface area contributed by atoms with E-state index >= 15 is 0 Å². The Kier molecular flexibility index (Phi) is 8.73. The van der Waals surface area contributed by atoms with Crippen LogP contribution in [-0.4, -0.2) is 18.1 Å². The van der Waals surface area contributed by atoms with Gasteiger partial charge in [-0.3, -0.25) is 0 Å². The Labute approximate surface area is 74.7 Å². The number of allylic oxidation sites excluding steroid dienone is 2. The zero-order valence-electron chi connectivity index (χ0n) is 7.43. The summed E-state index contributed by atoms with van der Waals surface area (Å²) in [6, 6.07) is 0. The van der Waals surface area contributed by atoms with Gasteiger partial charge in [-0.15, -0.1) is 0 Å². The molecule has 0 aromatic rings. The van der Waals surface area contributed by atoms with Crippen LogP contribution < -0.4 is 0 Å². The molecule has 0 unspecified atom stereocenters. The Bertz CT molecular complexity index is 129. The molecule has 0 aliphatic carbocycles. The SMILES string of the molecule is C/C=C/COP(O)OC/C=C/C. The average molecular weight is 190 g/mol. The molecule has 0 aromatic carbocycles. The van der Waals surface area contributed by atoms with Crippen LogP contribution in [0.2, 0.25) is 0 Å². The summed E-state index contributed by atoms with van der Waals surface area (Å²) in [6.07, 6.45) is 7.33. The lowest BCUT2D eigenvalue weighted by Gasteiger charge is -2.06. The number of hydrogen-bond donors (Lipinski definition) is 1. The summed E-state index contributed by atoms with van der Waals surface area (Å²) in [6.45, 7) is 4.58. The fourth-order valence-corrected chi connectivity index (χ4v) is 0.945. The van der Waals surface area contributed by atoms with Gasteiger partial charge in [0.25, 0.3) is 0 Å². The van der Waals surface area contributed by atoms with Crippen molar-refractivity contribution >= 4 is 8.60 Å². The van der Waals surface area contributed by atoms with Crippen molar-refractivity contribution in [3.05, 3.63) is 24.3 Å². The van der Waals surface area contributed by atoms with Crippen LogP contribution in [0.3, 0.4) is 0 Å². The molecule has 0 amide bonds. The van der Waals surface area contributed by atoms with Crippen LogP contribution in [0.5, 0.6) is 0 Å². The van der Waals surface area contributed by atoms with Gasteiger partial charge in [-0.2, -0.15) is 0 Å². The third-order valence-corrected chi connectivity index (χ3v) is 1.77. The van der Waals surface area contributed by atoms with Crippen molar-refractivity contribution in [3.8, 4) is 0 Å². The Hall–Kier alpha value is -0.210. The van der Waals surface area contributed by atoms with E-state index in [-0.39, 0.29) is 0 Å². The van der Waals surface area contributed by atoms with E-state index in [1.807, 2.05) is 38.2 Å². The lowest BCUT2D eigenvalue weighted by molar-refractivity contribution is 0.232. The van der Waals surface area contributed by atoms with E-state index < -0.39 is 8.60 Å². The maximum absolute atomic E-state index is 9.06. The normalized spacial score (nSPS) is 12.3. The molecule has 0 atom stereocenters. The van der Waals surface area contributed by atoms with Crippen LogP contribution in [0, 0.1) is 0 Å². The maximum Gasteiger partial charge on any atom is 0.330 e. The van der Waals surface area contributed by atoms with Crippen LogP contribution in [-0.2, 0) is 9.05 Å². The molecule has 0 saturated heterocycles. The molecule has 0 aliphatic heterocycles. The van der Waals surface area contributed by atoms with Gasteiger partial charge in [0.15, 0.2) is 0 Å². The zero-order valence-corrected chi connectivity index (χ0v) is 8.33. The van der Waals surface area contributed by atoms with Gasteiger partial charge in [-0.25, -0.2) is 0 Å². The predicted octanol–water partition coefficient (Wildman–Crippen LogP) is 2.39. The second-order valence-electron chi connectivity index (χ2n) is 1.97. The highest BCUT2D eigenvalue weighted by molar-refractivity contribution is 7.40. The summed E-state index contributed by atoms with van der Waals surface area (Å²) in [4.78, 5) is 9.06. The minimum atomic E-state index is -1.71. The lowest BCUT2D eigenvalue weighted by Crippen LogP contribution is -1.90. The largest absolute Gasteiger partial charge is 0.330 e. The monoisotopic (exact) mass is 190 g/mol. The molecule has 4 heteroatoms. The molecular weight excluding hydrogens is 175 g/mol. The number of hydrogen-bond acceptors (Lipinski definition) is 3. The minimum Gasteiger partial charge on any atom is -0.328 e. The van der Waals surface area contributed by atoms with Crippen LogP contribution in [0.4, 0.5) is 0 Å². The highest BCUT2D eigenvalue weighted by Crippen LogP contribution is 2.32. The van der Waals surface area contributed by atoms with Gasteiger partial charge in [0.2, 0.25) is 0 Å². The molecule has 3 nitrogen and oxygen atoms in total. The molecule has 70 valence electrons. The third-order valence-electron chi connectivity index (χ3n) is 1.03. The van der Waals surface area contributed by atoms with E-state index in [0.29, 0.717) is 13.2 Å².